The van der Waals surface area contributed by atoms with Crippen molar-refractivity contribution in [2.24, 2.45) is 0 Å². The first-order valence-electron chi connectivity index (χ1n) is 6.60. The Morgan fingerprint density at radius 2 is 1.58 bits per heavy atom. The fraction of sp³-hybridized carbons (Fsp3) is 0.909. The van der Waals surface area contributed by atoms with E-state index in [1.165, 1.54) is 15.5 Å². The third kappa shape index (κ3) is 3.44. The Bertz CT molecular complexity index is 420. The van der Waals surface area contributed by atoms with Gasteiger partial charge in [-0.1, -0.05) is 0 Å². The van der Waals surface area contributed by atoms with E-state index in [0.717, 1.165) is 0 Å². The molecule has 0 aliphatic carbocycles. The van der Waals surface area contributed by atoms with Crippen LogP contribution in [0.25, 0.3) is 0 Å². The molecular weight excluding hydrogens is 270 g/mol. The van der Waals surface area contributed by atoms with E-state index < -0.39 is 10.2 Å². The molecule has 2 fully saturated rings. The van der Waals surface area contributed by atoms with E-state index >= 15 is 0 Å². The van der Waals surface area contributed by atoms with Crippen molar-refractivity contribution >= 4 is 16.1 Å². The molecule has 0 unspecified atom stereocenters. The molecule has 0 bridgehead atoms. The van der Waals surface area contributed by atoms with Gasteiger partial charge in [0.25, 0.3) is 10.2 Å². The highest BCUT2D eigenvalue weighted by molar-refractivity contribution is 7.86. The number of nitrogens with zero attached hydrogens (tertiary/aromatic N) is 3. The topological polar surface area (TPSA) is 70.2 Å². The van der Waals surface area contributed by atoms with Crippen molar-refractivity contribution in [2.75, 3.05) is 52.5 Å². The minimum atomic E-state index is -3.41. The largest absolute Gasteiger partial charge is 0.379 e. The maximum Gasteiger partial charge on any atom is 0.282 e. The molecule has 0 aromatic rings. The minimum Gasteiger partial charge on any atom is -0.379 e. The van der Waals surface area contributed by atoms with E-state index in [0.29, 0.717) is 58.9 Å². The first-order chi connectivity index (χ1) is 9.01. The zero-order valence-corrected chi connectivity index (χ0v) is 12.1. The molecule has 19 heavy (non-hydrogen) atoms. The normalized spacial score (nSPS) is 24.2. The van der Waals surface area contributed by atoms with Crippen molar-refractivity contribution < 1.29 is 17.9 Å². The smallest absolute Gasteiger partial charge is 0.282 e. The Balaban J connectivity index is 2.02. The zero-order valence-electron chi connectivity index (χ0n) is 11.2. The number of ether oxygens (including phenoxy) is 1. The molecule has 2 rings (SSSR count). The Kier molecular flexibility index (Phi) is 4.77. The average molecular weight is 291 g/mol. The molecule has 7 nitrogen and oxygen atoms in total. The molecule has 0 atom stereocenters. The van der Waals surface area contributed by atoms with E-state index in [9.17, 15) is 13.2 Å². The van der Waals surface area contributed by atoms with Crippen molar-refractivity contribution in [3.63, 3.8) is 0 Å². The number of rotatable bonds is 2. The highest BCUT2D eigenvalue weighted by Crippen LogP contribution is 2.14. The SMILES string of the molecule is CC(=O)N1CCCN(S(=O)(=O)N2CCOCC2)CC1. The van der Waals surface area contributed by atoms with E-state index in [1.807, 2.05) is 0 Å². The van der Waals surface area contributed by atoms with Crippen LogP contribution in [0.1, 0.15) is 13.3 Å². The summed E-state index contributed by atoms with van der Waals surface area (Å²) in [6, 6.07) is 0. The van der Waals surface area contributed by atoms with Crippen LogP contribution in [0.5, 0.6) is 0 Å². The summed E-state index contributed by atoms with van der Waals surface area (Å²) in [6.07, 6.45) is 0.684. The number of hydrogen-bond donors (Lipinski definition) is 0. The number of hydrogen-bond acceptors (Lipinski definition) is 4. The van der Waals surface area contributed by atoms with Gasteiger partial charge in [-0.25, -0.2) is 0 Å². The van der Waals surface area contributed by atoms with Crippen molar-refractivity contribution in [3.05, 3.63) is 0 Å². The van der Waals surface area contributed by atoms with Crippen molar-refractivity contribution in [2.45, 2.75) is 13.3 Å². The van der Waals surface area contributed by atoms with Crippen LogP contribution in [-0.4, -0.2) is 80.3 Å². The molecule has 1 amide bonds. The molecule has 2 aliphatic rings. The molecule has 2 aliphatic heterocycles. The second kappa shape index (κ2) is 6.17. The second-order valence-electron chi connectivity index (χ2n) is 4.78. The highest BCUT2D eigenvalue weighted by Gasteiger charge is 2.32. The van der Waals surface area contributed by atoms with E-state index in [2.05, 4.69) is 0 Å². The average Bonchev–Trinajstić information content (AvgIpc) is 2.66. The van der Waals surface area contributed by atoms with E-state index in [1.54, 1.807) is 4.90 Å². The quantitative estimate of drug-likeness (QED) is 0.662. The van der Waals surface area contributed by atoms with Gasteiger partial charge in [0.15, 0.2) is 0 Å². The van der Waals surface area contributed by atoms with Gasteiger partial charge >= 0.3 is 0 Å². The Labute approximate surface area is 114 Å². The number of carbonyl (C=O) groups excluding carboxylic acids is 1. The summed E-state index contributed by atoms with van der Waals surface area (Å²) in [7, 11) is -3.41. The monoisotopic (exact) mass is 291 g/mol. The Hall–Kier alpha value is -0.700. The number of morpholine rings is 1. The van der Waals surface area contributed by atoms with Gasteiger partial charge in [0.05, 0.1) is 13.2 Å². The van der Waals surface area contributed by atoms with Crippen LogP contribution < -0.4 is 0 Å². The van der Waals surface area contributed by atoms with Gasteiger partial charge in [-0.2, -0.15) is 17.0 Å². The molecule has 0 aromatic carbocycles. The van der Waals surface area contributed by atoms with Gasteiger partial charge in [-0.15, -0.1) is 0 Å². The maximum atomic E-state index is 12.5. The predicted molar refractivity (Wildman–Crippen MR) is 69.8 cm³/mol. The van der Waals surface area contributed by atoms with Gasteiger partial charge in [-0.05, 0) is 6.42 Å². The van der Waals surface area contributed by atoms with Gasteiger partial charge in [0.2, 0.25) is 5.91 Å². The lowest BCUT2D eigenvalue weighted by Crippen LogP contribution is -2.49. The standard InChI is InChI=1S/C11H21N3O4S/c1-11(15)12-3-2-4-13(6-5-12)19(16,17)14-7-9-18-10-8-14/h2-10H2,1H3. The molecule has 0 spiro atoms. The van der Waals surface area contributed by atoms with E-state index in [4.69, 9.17) is 4.74 Å². The summed E-state index contributed by atoms with van der Waals surface area (Å²) >= 11 is 0. The lowest BCUT2D eigenvalue weighted by Gasteiger charge is -2.31. The van der Waals surface area contributed by atoms with Crippen molar-refractivity contribution in [3.8, 4) is 0 Å². The summed E-state index contributed by atoms with van der Waals surface area (Å²) in [5.41, 5.74) is 0. The molecule has 2 saturated heterocycles. The van der Waals surface area contributed by atoms with Crippen LogP contribution in [0.3, 0.4) is 0 Å². The van der Waals surface area contributed by atoms with Gasteiger partial charge in [0, 0.05) is 46.2 Å². The van der Waals surface area contributed by atoms with Crippen LogP contribution in [0.15, 0.2) is 0 Å². The first-order valence-corrected chi connectivity index (χ1v) is 8.00. The van der Waals surface area contributed by atoms with Crippen LogP contribution in [-0.2, 0) is 19.7 Å². The summed E-state index contributed by atoms with van der Waals surface area (Å²) in [4.78, 5) is 13.0. The number of carbonyl (C=O) groups is 1. The van der Waals surface area contributed by atoms with Crippen LogP contribution >= 0.6 is 0 Å². The first kappa shape index (κ1) is 14.7. The number of amides is 1. The molecule has 0 saturated carbocycles. The molecule has 8 heteroatoms. The van der Waals surface area contributed by atoms with Crippen LogP contribution in [0.2, 0.25) is 0 Å². The molecular formula is C11H21N3O4S. The molecule has 0 radical (unpaired) electrons. The predicted octanol–water partition coefficient (Wildman–Crippen LogP) is -0.882. The van der Waals surface area contributed by atoms with Gasteiger partial charge < -0.3 is 9.64 Å². The van der Waals surface area contributed by atoms with Crippen LogP contribution in [0.4, 0.5) is 0 Å². The van der Waals surface area contributed by atoms with E-state index in [-0.39, 0.29) is 5.91 Å². The highest BCUT2D eigenvalue weighted by atomic mass is 32.2. The zero-order chi connectivity index (χ0) is 13.9. The lowest BCUT2D eigenvalue weighted by molar-refractivity contribution is -0.128. The molecule has 0 aromatic heterocycles. The summed E-state index contributed by atoms with van der Waals surface area (Å²) in [6.45, 7) is 5.20. The summed E-state index contributed by atoms with van der Waals surface area (Å²) in [5, 5.41) is 0. The Morgan fingerprint density at radius 1 is 0.947 bits per heavy atom. The van der Waals surface area contributed by atoms with Gasteiger partial charge in [-0.3, -0.25) is 4.79 Å². The van der Waals surface area contributed by atoms with Crippen molar-refractivity contribution in [1.82, 2.24) is 13.5 Å². The third-order valence-corrected chi connectivity index (χ3v) is 5.56. The molecule has 110 valence electrons. The summed E-state index contributed by atoms with van der Waals surface area (Å²) in [5.74, 6) is 0.00520. The molecule has 0 N–H and O–H groups in total. The van der Waals surface area contributed by atoms with Gasteiger partial charge in [0.1, 0.15) is 0 Å². The third-order valence-electron chi connectivity index (χ3n) is 3.52. The maximum absolute atomic E-state index is 12.5. The Morgan fingerprint density at radius 3 is 2.21 bits per heavy atom. The summed E-state index contributed by atoms with van der Waals surface area (Å²) < 4.78 is 33.1. The lowest BCUT2D eigenvalue weighted by atomic mass is 10.4. The molecule has 2 heterocycles. The van der Waals surface area contributed by atoms with Crippen LogP contribution in [0, 0.1) is 0 Å². The second-order valence-corrected chi connectivity index (χ2v) is 6.71. The van der Waals surface area contributed by atoms with Crippen molar-refractivity contribution in [1.29, 1.82) is 0 Å². The minimum absolute atomic E-state index is 0.00520. The fourth-order valence-electron chi connectivity index (χ4n) is 2.38. The fourth-order valence-corrected chi connectivity index (χ4v) is 3.99.